The van der Waals surface area contributed by atoms with Crippen molar-refractivity contribution in [1.82, 2.24) is 0 Å². The zero-order valence-electron chi connectivity index (χ0n) is 13.9. The molecule has 120 valence electrons. The topological polar surface area (TPSA) is 38.7 Å². The third-order valence-electron chi connectivity index (χ3n) is 5.99. The Balaban J connectivity index is 1.97. The quantitative estimate of drug-likeness (QED) is 0.867. The molecule has 1 N–H and O–H groups in total. The Bertz CT molecular complexity index is 563. The molecular formula is C19H26O3. The van der Waals surface area contributed by atoms with Gasteiger partial charge < -0.3 is 14.6 Å². The average Bonchev–Trinajstić information content (AvgIpc) is 2.53. The average molecular weight is 302 g/mol. The van der Waals surface area contributed by atoms with E-state index in [2.05, 4.69) is 39.0 Å². The van der Waals surface area contributed by atoms with Crippen molar-refractivity contribution in [1.29, 1.82) is 0 Å². The van der Waals surface area contributed by atoms with E-state index in [1.54, 1.807) is 7.11 Å². The molecule has 1 aliphatic carbocycles. The van der Waals surface area contributed by atoms with Gasteiger partial charge in [-0.3, -0.25) is 0 Å². The number of hydrogen-bond acceptors (Lipinski definition) is 3. The molecule has 3 heteroatoms. The third-order valence-corrected chi connectivity index (χ3v) is 5.99. The zero-order valence-corrected chi connectivity index (χ0v) is 13.9. The van der Waals surface area contributed by atoms with Crippen molar-refractivity contribution >= 4 is 0 Å². The van der Waals surface area contributed by atoms with E-state index in [1.807, 2.05) is 12.1 Å². The van der Waals surface area contributed by atoms with Crippen LogP contribution in [0.3, 0.4) is 0 Å². The summed E-state index contributed by atoms with van der Waals surface area (Å²) in [5, 5.41) is 10.0. The van der Waals surface area contributed by atoms with E-state index in [9.17, 15) is 5.11 Å². The molecule has 0 radical (unpaired) electrons. The molecule has 0 unspecified atom stereocenters. The maximum atomic E-state index is 10.0. The Labute approximate surface area is 132 Å². The molecule has 22 heavy (non-hydrogen) atoms. The molecule has 3 rings (SSSR count). The molecule has 1 fully saturated rings. The van der Waals surface area contributed by atoms with Crippen LogP contribution in [0, 0.1) is 23.2 Å². The zero-order chi connectivity index (χ0) is 15.9. The van der Waals surface area contributed by atoms with Gasteiger partial charge >= 0.3 is 0 Å². The van der Waals surface area contributed by atoms with E-state index in [1.165, 1.54) is 11.1 Å². The Morgan fingerprint density at radius 2 is 1.95 bits per heavy atom. The maximum absolute atomic E-state index is 10.0. The Hall–Kier alpha value is -1.32. The van der Waals surface area contributed by atoms with Gasteiger partial charge in [-0.15, -0.1) is 0 Å². The summed E-state index contributed by atoms with van der Waals surface area (Å²) >= 11 is 0. The monoisotopic (exact) mass is 302 g/mol. The summed E-state index contributed by atoms with van der Waals surface area (Å²) in [6.07, 6.45) is 2.39. The maximum Gasteiger partial charge on any atom is 0.118 e. The number of methoxy groups -OCH3 is 1. The fraction of sp³-hybridized carbons (Fsp3) is 0.579. The lowest BCUT2D eigenvalue weighted by molar-refractivity contribution is -0.165. The molecular weight excluding hydrogens is 276 g/mol. The highest BCUT2D eigenvalue weighted by Crippen LogP contribution is 2.55. The van der Waals surface area contributed by atoms with Gasteiger partial charge in [-0.2, -0.15) is 0 Å². The van der Waals surface area contributed by atoms with E-state index < -0.39 is 0 Å². The summed E-state index contributed by atoms with van der Waals surface area (Å²) in [6, 6.07) is 8.16. The third kappa shape index (κ3) is 2.19. The number of ether oxygens (including phenoxy) is 2. The summed E-state index contributed by atoms with van der Waals surface area (Å²) in [4.78, 5) is 0. The van der Waals surface area contributed by atoms with Gasteiger partial charge in [0.15, 0.2) is 0 Å². The highest BCUT2D eigenvalue weighted by molar-refractivity contribution is 5.32. The minimum absolute atomic E-state index is 0.0596. The van der Waals surface area contributed by atoms with Crippen LogP contribution in [-0.2, 0) is 4.74 Å². The molecule has 0 spiro atoms. The standard InChI is InChI=1S/C19H26O3/c1-12-9-13(2)19(10-20)11-22-18(17(12)14(19)3)15-5-7-16(21-4)8-6-15/h5-9,13-14,17-18,20H,10-11H2,1-4H3/t13-,14-,17+,18-,19-/m0/s1. The lowest BCUT2D eigenvalue weighted by atomic mass is 9.56. The summed E-state index contributed by atoms with van der Waals surface area (Å²) < 4.78 is 11.5. The van der Waals surface area contributed by atoms with Crippen molar-refractivity contribution < 1.29 is 14.6 Å². The summed E-state index contributed by atoms with van der Waals surface area (Å²) in [7, 11) is 1.68. The molecule has 1 aliphatic heterocycles. The summed E-state index contributed by atoms with van der Waals surface area (Å²) in [6.45, 7) is 7.47. The van der Waals surface area contributed by atoms with E-state index >= 15 is 0 Å². The highest BCUT2D eigenvalue weighted by atomic mass is 16.5. The molecule has 5 atom stereocenters. The smallest absolute Gasteiger partial charge is 0.118 e. The lowest BCUT2D eigenvalue weighted by Gasteiger charge is -2.55. The van der Waals surface area contributed by atoms with Gasteiger partial charge in [0, 0.05) is 11.3 Å². The van der Waals surface area contributed by atoms with Gasteiger partial charge in [0.05, 0.1) is 26.4 Å². The first-order chi connectivity index (χ1) is 10.5. The normalized spacial score (nSPS) is 37.6. The van der Waals surface area contributed by atoms with Crippen LogP contribution < -0.4 is 4.74 Å². The largest absolute Gasteiger partial charge is 0.497 e. The molecule has 0 aromatic heterocycles. The molecule has 2 aliphatic rings. The number of allylic oxidation sites excluding steroid dienone is 1. The highest BCUT2D eigenvalue weighted by Gasteiger charge is 2.53. The van der Waals surface area contributed by atoms with Gasteiger partial charge in [0.25, 0.3) is 0 Å². The second kappa shape index (κ2) is 5.71. The van der Waals surface area contributed by atoms with Crippen LogP contribution in [-0.4, -0.2) is 25.4 Å². The summed E-state index contributed by atoms with van der Waals surface area (Å²) in [5.41, 5.74) is 2.42. The molecule has 2 bridgehead atoms. The van der Waals surface area contributed by atoms with Crippen LogP contribution in [0.15, 0.2) is 35.9 Å². The van der Waals surface area contributed by atoms with Crippen LogP contribution in [0.25, 0.3) is 0 Å². The van der Waals surface area contributed by atoms with E-state index in [0.29, 0.717) is 24.4 Å². The second-order valence-corrected chi connectivity index (χ2v) is 6.91. The molecule has 1 aromatic carbocycles. The molecule has 1 aromatic rings. The minimum atomic E-state index is -0.146. The predicted molar refractivity (Wildman–Crippen MR) is 86.8 cm³/mol. The van der Waals surface area contributed by atoms with Crippen LogP contribution in [0.4, 0.5) is 0 Å². The van der Waals surface area contributed by atoms with Gasteiger partial charge in [-0.05, 0) is 36.5 Å². The molecule has 0 amide bonds. The number of aliphatic hydroxyl groups excluding tert-OH is 1. The Morgan fingerprint density at radius 3 is 2.55 bits per heavy atom. The SMILES string of the molecule is COc1ccc([C@@H]2OC[C@@]3(CO)[C@@H](C)C=C(C)[C@@H]2[C@@H]3C)cc1. The van der Waals surface area contributed by atoms with Crippen molar-refractivity contribution in [3.63, 3.8) is 0 Å². The first kappa shape index (κ1) is 15.6. The Morgan fingerprint density at radius 1 is 1.27 bits per heavy atom. The van der Waals surface area contributed by atoms with Crippen molar-refractivity contribution in [3.05, 3.63) is 41.5 Å². The van der Waals surface area contributed by atoms with Crippen LogP contribution in [0.1, 0.15) is 32.4 Å². The van der Waals surface area contributed by atoms with E-state index in [4.69, 9.17) is 9.47 Å². The first-order valence-electron chi connectivity index (χ1n) is 8.08. The number of aliphatic hydroxyl groups is 1. The van der Waals surface area contributed by atoms with Gasteiger partial charge in [0.2, 0.25) is 0 Å². The second-order valence-electron chi connectivity index (χ2n) is 6.91. The molecule has 1 saturated heterocycles. The van der Waals surface area contributed by atoms with Crippen molar-refractivity contribution in [2.24, 2.45) is 23.2 Å². The fourth-order valence-electron chi connectivity index (χ4n) is 4.38. The van der Waals surface area contributed by atoms with Gasteiger partial charge in [-0.25, -0.2) is 0 Å². The molecule has 0 saturated carbocycles. The van der Waals surface area contributed by atoms with Crippen LogP contribution >= 0.6 is 0 Å². The summed E-state index contributed by atoms with van der Waals surface area (Å²) in [5.74, 6) is 1.94. The predicted octanol–water partition coefficient (Wildman–Crippen LogP) is 3.59. The first-order valence-corrected chi connectivity index (χ1v) is 8.08. The number of hydrogen-bond donors (Lipinski definition) is 1. The minimum Gasteiger partial charge on any atom is -0.497 e. The van der Waals surface area contributed by atoms with Crippen molar-refractivity contribution in [2.75, 3.05) is 20.3 Å². The van der Waals surface area contributed by atoms with Crippen LogP contribution in [0.5, 0.6) is 5.75 Å². The number of benzene rings is 1. The van der Waals surface area contributed by atoms with E-state index in [-0.39, 0.29) is 18.1 Å². The Kier molecular flexibility index (Phi) is 4.04. The molecule has 3 nitrogen and oxygen atoms in total. The van der Waals surface area contributed by atoms with E-state index in [0.717, 1.165) is 5.75 Å². The molecule has 1 heterocycles. The van der Waals surface area contributed by atoms with Crippen LogP contribution in [0.2, 0.25) is 0 Å². The van der Waals surface area contributed by atoms with Crippen molar-refractivity contribution in [3.8, 4) is 5.75 Å². The fourth-order valence-corrected chi connectivity index (χ4v) is 4.38. The lowest BCUT2D eigenvalue weighted by Crippen LogP contribution is -2.53. The van der Waals surface area contributed by atoms with Gasteiger partial charge in [0.1, 0.15) is 5.75 Å². The number of rotatable bonds is 3. The van der Waals surface area contributed by atoms with Gasteiger partial charge in [-0.1, -0.05) is 37.6 Å². The number of fused-ring (bicyclic) bond motifs is 2. The van der Waals surface area contributed by atoms with Crippen molar-refractivity contribution in [2.45, 2.75) is 26.9 Å².